The summed E-state index contributed by atoms with van der Waals surface area (Å²) in [6.45, 7) is 5.98. The zero-order chi connectivity index (χ0) is 15.4. The molecule has 1 heterocycles. The van der Waals surface area contributed by atoms with E-state index in [2.05, 4.69) is 15.4 Å². The summed E-state index contributed by atoms with van der Waals surface area (Å²) in [4.78, 5) is 27.8. The van der Waals surface area contributed by atoms with E-state index in [-0.39, 0.29) is 17.7 Å². The van der Waals surface area contributed by atoms with Gasteiger partial charge in [-0.3, -0.25) is 9.59 Å². The van der Waals surface area contributed by atoms with Crippen molar-refractivity contribution in [2.75, 3.05) is 0 Å². The van der Waals surface area contributed by atoms with Crippen LogP contribution in [0.2, 0.25) is 0 Å². The van der Waals surface area contributed by atoms with Crippen molar-refractivity contribution in [3.8, 4) is 0 Å². The Labute approximate surface area is 123 Å². The Balaban J connectivity index is 2.14. The van der Waals surface area contributed by atoms with Gasteiger partial charge in [-0.1, -0.05) is 12.1 Å². The van der Waals surface area contributed by atoms with Crippen LogP contribution >= 0.6 is 0 Å². The van der Waals surface area contributed by atoms with E-state index in [1.807, 2.05) is 13.8 Å². The number of hydrogen-bond acceptors (Lipinski definition) is 4. The summed E-state index contributed by atoms with van der Waals surface area (Å²) in [6.07, 6.45) is 1.47. The van der Waals surface area contributed by atoms with Gasteiger partial charge in [0.05, 0.1) is 6.04 Å². The zero-order valence-electron chi connectivity index (χ0n) is 12.3. The van der Waals surface area contributed by atoms with Crippen LogP contribution in [0.1, 0.15) is 53.4 Å². The van der Waals surface area contributed by atoms with Gasteiger partial charge in [-0.15, -0.1) is 0 Å². The monoisotopic (exact) mass is 286 g/mol. The number of amides is 1. The van der Waals surface area contributed by atoms with Crippen LogP contribution in [-0.4, -0.2) is 26.5 Å². The molecule has 0 spiro atoms. The van der Waals surface area contributed by atoms with Gasteiger partial charge in [0.2, 0.25) is 0 Å². The third kappa shape index (κ3) is 3.34. The number of nitrogens with zero attached hydrogens (tertiary/aromatic N) is 3. The molecule has 0 aliphatic heterocycles. The van der Waals surface area contributed by atoms with Gasteiger partial charge in [0.15, 0.2) is 5.78 Å². The molecule has 0 aliphatic rings. The summed E-state index contributed by atoms with van der Waals surface area (Å²) in [6, 6.07) is 6.40. The van der Waals surface area contributed by atoms with Crippen molar-refractivity contribution in [2.24, 2.45) is 0 Å². The number of aromatic nitrogens is 3. The molecule has 0 saturated carbocycles. The summed E-state index contributed by atoms with van der Waals surface area (Å²) in [5.41, 5.74) is 0.976. The average Bonchev–Trinajstić information content (AvgIpc) is 2.95. The summed E-state index contributed by atoms with van der Waals surface area (Å²) in [5.74, 6) is 0.397. The highest BCUT2D eigenvalue weighted by atomic mass is 16.1. The highest BCUT2D eigenvalue weighted by Crippen LogP contribution is 2.11. The van der Waals surface area contributed by atoms with Crippen molar-refractivity contribution in [2.45, 2.75) is 33.4 Å². The first-order valence-corrected chi connectivity index (χ1v) is 6.82. The van der Waals surface area contributed by atoms with Gasteiger partial charge < -0.3 is 5.32 Å². The van der Waals surface area contributed by atoms with E-state index in [1.165, 1.54) is 13.3 Å². The van der Waals surface area contributed by atoms with Crippen LogP contribution in [0.5, 0.6) is 0 Å². The van der Waals surface area contributed by atoms with Gasteiger partial charge in [-0.05, 0) is 32.9 Å². The Kier molecular flexibility index (Phi) is 4.47. The van der Waals surface area contributed by atoms with E-state index in [4.69, 9.17) is 0 Å². The molecular formula is C15H18N4O2. The fourth-order valence-corrected chi connectivity index (χ4v) is 2.08. The van der Waals surface area contributed by atoms with Gasteiger partial charge in [0, 0.05) is 17.7 Å². The Morgan fingerprint density at radius 1 is 1.33 bits per heavy atom. The van der Waals surface area contributed by atoms with Crippen LogP contribution in [0.25, 0.3) is 0 Å². The van der Waals surface area contributed by atoms with Gasteiger partial charge >= 0.3 is 0 Å². The normalized spacial score (nSPS) is 12.0. The summed E-state index contributed by atoms with van der Waals surface area (Å²) < 4.78 is 1.73. The van der Waals surface area contributed by atoms with E-state index in [0.29, 0.717) is 23.5 Å². The van der Waals surface area contributed by atoms with E-state index >= 15 is 0 Å². The van der Waals surface area contributed by atoms with Crippen LogP contribution in [0.3, 0.4) is 0 Å². The van der Waals surface area contributed by atoms with Crippen molar-refractivity contribution < 1.29 is 9.59 Å². The molecule has 0 unspecified atom stereocenters. The number of benzene rings is 1. The molecule has 1 aromatic carbocycles. The van der Waals surface area contributed by atoms with Gasteiger partial charge in [-0.2, -0.15) is 5.10 Å². The number of aryl methyl sites for hydroxylation is 1. The Morgan fingerprint density at radius 3 is 2.71 bits per heavy atom. The molecule has 0 saturated heterocycles. The van der Waals surface area contributed by atoms with Crippen molar-refractivity contribution >= 4 is 11.7 Å². The number of hydrogen-bond donors (Lipinski definition) is 1. The number of nitrogens with one attached hydrogen (secondary N) is 1. The van der Waals surface area contributed by atoms with E-state index in [9.17, 15) is 9.59 Å². The highest BCUT2D eigenvalue weighted by Gasteiger charge is 2.16. The molecule has 0 aliphatic carbocycles. The van der Waals surface area contributed by atoms with Crippen LogP contribution in [0, 0.1) is 0 Å². The number of rotatable bonds is 5. The fourth-order valence-electron chi connectivity index (χ4n) is 2.08. The van der Waals surface area contributed by atoms with E-state index < -0.39 is 0 Å². The molecule has 0 bridgehead atoms. The zero-order valence-corrected chi connectivity index (χ0v) is 12.3. The third-order valence-corrected chi connectivity index (χ3v) is 3.21. The standard InChI is InChI=1S/C15H18N4O2/c1-4-19-14(16-9-17-19)10(2)18-15(21)13-7-5-6-12(8-13)11(3)20/h5-10H,4H2,1-3H3,(H,18,21)/t10-/m1/s1. The first-order chi connectivity index (χ1) is 10.0. The lowest BCUT2D eigenvalue weighted by molar-refractivity contribution is 0.0937. The maximum atomic E-state index is 12.2. The summed E-state index contributed by atoms with van der Waals surface area (Å²) >= 11 is 0. The predicted molar refractivity (Wildman–Crippen MR) is 78.0 cm³/mol. The second kappa shape index (κ2) is 6.30. The molecule has 2 aromatic rings. The molecule has 0 radical (unpaired) electrons. The molecule has 1 aromatic heterocycles. The minimum atomic E-state index is -0.263. The smallest absolute Gasteiger partial charge is 0.251 e. The quantitative estimate of drug-likeness (QED) is 0.853. The topological polar surface area (TPSA) is 76.9 Å². The van der Waals surface area contributed by atoms with Crippen LogP contribution in [-0.2, 0) is 6.54 Å². The van der Waals surface area contributed by atoms with E-state index in [1.54, 1.807) is 28.9 Å². The van der Waals surface area contributed by atoms with Gasteiger partial charge in [0.1, 0.15) is 12.2 Å². The summed E-state index contributed by atoms with van der Waals surface area (Å²) in [5, 5.41) is 6.95. The number of carbonyl (C=O) groups excluding carboxylic acids is 2. The first-order valence-electron chi connectivity index (χ1n) is 6.82. The number of Topliss-reactive ketones (excluding diaryl/α,β-unsaturated/α-hetero) is 1. The van der Waals surface area contributed by atoms with Gasteiger partial charge in [-0.25, -0.2) is 9.67 Å². The minimum Gasteiger partial charge on any atom is -0.342 e. The van der Waals surface area contributed by atoms with Gasteiger partial charge in [0.25, 0.3) is 5.91 Å². The number of ketones is 1. The predicted octanol–water partition coefficient (Wildman–Crippen LogP) is 1.99. The molecule has 2 rings (SSSR count). The lowest BCUT2D eigenvalue weighted by atomic mass is 10.1. The Hall–Kier alpha value is -2.50. The molecule has 21 heavy (non-hydrogen) atoms. The Bertz CT molecular complexity index is 663. The largest absolute Gasteiger partial charge is 0.342 e. The maximum absolute atomic E-state index is 12.2. The van der Waals surface area contributed by atoms with E-state index in [0.717, 1.165) is 0 Å². The lowest BCUT2D eigenvalue weighted by Gasteiger charge is -2.14. The molecule has 110 valence electrons. The third-order valence-electron chi connectivity index (χ3n) is 3.21. The molecule has 6 heteroatoms. The molecule has 1 amide bonds. The average molecular weight is 286 g/mol. The molecule has 6 nitrogen and oxygen atoms in total. The number of carbonyl (C=O) groups is 2. The molecule has 0 fully saturated rings. The molecule has 1 N–H and O–H groups in total. The summed E-state index contributed by atoms with van der Waals surface area (Å²) in [7, 11) is 0. The SMILES string of the molecule is CCn1ncnc1[C@@H](C)NC(=O)c1cccc(C(C)=O)c1. The van der Waals surface area contributed by atoms with Crippen molar-refractivity contribution in [3.05, 3.63) is 47.5 Å². The lowest BCUT2D eigenvalue weighted by Crippen LogP contribution is -2.29. The second-order valence-electron chi connectivity index (χ2n) is 4.77. The second-order valence-corrected chi connectivity index (χ2v) is 4.77. The maximum Gasteiger partial charge on any atom is 0.251 e. The van der Waals surface area contributed by atoms with Crippen LogP contribution in [0.4, 0.5) is 0 Å². The minimum absolute atomic E-state index is 0.0663. The van der Waals surface area contributed by atoms with Crippen molar-refractivity contribution in [3.63, 3.8) is 0 Å². The fraction of sp³-hybridized carbons (Fsp3) is 0.333. The van der Waals surface area contributed by atoms with Crippen molar-refractivity contribution in [1.29, 1.82) is 0 Å². The first kappa shape index (κ1) is 14.9. The van der Waals surface area contributed by atoms with Crippen LogP contribution in [0.15, 0.2) is 30.6 Å². The molecular weight excluding hydrogens is 268 g/mol. The van der Waals surface area contributed by atoms with Crippen molar-refractivity contribution in [1.82, 2.24) is 20.1 Å². The molecule has 1 atom stereocenters. The highest BCUT2D eigenvalue weighted by molar-refractivity contribution is 5.99. The van der Waals surface area contributed by atoms with Crippen LogP contribution < -0.4 is 5.32 Å². The Morgan fingerprint density at radius 2 is 2.05 bits per heavy atom.